The fourth-order valence-electron chi connectivity index (χ4n) is 0.884. The summed E-state index contributed by atoms with van der Waals surface area (Å²) in [6, 6.07) is 3.14. The van der Waals surface area contributed by atoms with Gasteiger partial charge < -0.3 is 9.84 Å². The molecule has 0 aliphatic rings. The van der Waals surface area contributed by atoms with Crippen molar-refractivity contribution in [3.05, 3.63) is 27.2 Å². The van der Waals surface area contributed by atoms with E-state index in [-0.39, 0.29) is 10.8 Å². The molecule has 7 heteroatoms. The Morgan fingerprint density at radius 2 is 2.38 bits per heavy atom. The molecule has 1 amide bonds. The lowest BCUT2D eigenvalue weighted by Gasteiger charge is -2.02. The summed E-state index contributed by atoms with van der Waals surface area (Å²) in [6.07, 6.45) is 0.555. The van der Waals surface area contributed by atoms with Crippen LogP contribution < -0.4 is 5.43 Å². The highest BCUT2D eigenvalue weighted by Gasteiger charge is 2.05. The number of hydrazone groups is 1. The topological polar surface area (TPSA) is 70.9 Å². The van der Waals surface area contributed by atoms with E-state index in [1.54, 1.807) is 12.1 Å². The fourth-order valence-corrected chi connectivity index (χ4v) is 1.72. The Morgan fingerprint density at radius 1 is 1.69 bits per heavy atom. The first-order chi connectivity index (χ1) is 7.54. The van der Waals surface area contributed by atoms with Gasteiger partial charge in [-0.15, -0.1) is 0 Å². The van der Waals surface area contributed by atoms with E-state index in [9.17, 15) is 9.90 Å². The minimum absolute atomic E-state index is 0.111. The molecular formula is C9H8BrClN2O3. The van der Waals surface area contributed by atoms with Gasteiger partial charge in [0.05, 0.1) is 18.3 Å². The minimum atomic E-state index is -0.697. The average Bonchev–Trinajstić information content (AvgIpc) is 2.24. The third kappa shape index (κ3) is 3.39. The highest BCUT2D eigenvalue weighted by Crippen LogP contribution is 2.30. The van der Waals surface area contributed by atoms with E-state index in [0.717, 1.165) is 0 Å². The summed E-state index contributed by atoms with van der Waals surface area (Å²) in [5, 5.41) is 13.3. The molecule has 16 heavy (non-hydrogen) atoms. The highest BCUT2D eigenvalue weighted by atomic mass is 79.9. The molecular weight excluding hydrogens is 299 g/mol. The standard InChI is InChI=1S/C9H8BrClN2O3/c1-16-9(15)13-12-4-5-2-6(10)3-7(11)8(5)14/h2-4,14H,1H3,(H,13,15)/b12-4+. The van der Waals surface area contributed by atoms with Crippen molar-refractivity contribution < 1.29 is 14.6 Å². The number of carbonyl (C=O) groups excluding carboxylic acids is 1. The van der Waals surface area contributed by atoms with Crippen LogP contribution in [0.25, 0.3) is 0 Å². The van der Waals surface area contributed by atoms with E-state index in [4.69, 9.17) is 11.6 Å². The number of nitrogens with zero attached hydrogens (tertiary/aromatic N) is 1. The minimum Gasteiger partial charge on any atom is -0.506 e. The molecule has 0 atom stereocenters. The smallest absolute Gasteiger partial charge is 0.427 e. The molecule has 0 aromatic heterocycles. The summed E-state index contributed by atoms with van der Waals surface area (Å²) in [7, 11) is 1.22. The van der Waals surface area contributed by atoms with E-state index >= 15 is 0 Å². The van der Waals surface area contributed by atoms with Gasteiger partial charge in [0.25, 0.3) is 0 Å². The first-order valence-electron chi connectivity index (χ1n) is 4.09. The fraction of sp³-hybridized carbons (Fsp3) is 0.111. The van der Waals surface area contributed by atoms with Gasteiger partial charge in [0.1, 0.15) is 5.75 Å². The van der Waals surface area contributed by atoms with Crippen molar-refractivity contribution in [2.24, 2.45) is 5.10 Å². The molecule has 0 heterocycles. The van der Waals surface area contributed by atoms with E-state index in [0.29, 0.717) is 10.0 Å². The average molecular weight is 308 g/mol. The second-order valence-electron chi connectivity index (χ2n) is 2.69. The van der Waals surface area contributed by atoms with E-state index in [1.807, 2.05) is 0 Å². The number of phenols is 1. The quantitative estimate of drug-likeness (QED) is 0.651. The van der Waals surface area contributed by atoms with Gasteiger partial charge in [-0.05, 0) is 12.1 Å². The molecule has 1 aromatic carbocycles. The summed E-state index contributed by atoms with van der Waals surface area (Å²) >= 11 is 8.95. The van der Waals surface area contributed by atoms with Gasteiger partial charge in [-0.1, -0.05) is 27.5 Å². The Bertz CT molecular complexity index is 437. The zero-order valence-corrected chi connectivity index (χ0v) is 10.5. The van der Waals surface area contributed by atoms with Crippen molar-refractivity contribution in [2.45, 2.75) is 0 Å². The third-order valence-corrected chi connectivity index (χ3v) is 2.35. The molecule has 0 unspecified atom stereocenters. The number of ether oxygens (including phenoxy) is 1. The maximum Gasteiger partial charge on any atom is 0.427 e. The Labute approximate surface area is 105 Å². The first kappa shape index (κ1) is 12.8. The maximum atomic E-state index is 10.7. The number of halogens is 2. The van der Waals surface area contributed by atoms with Gasteiger partial charge in [-0.2, -0.15) is 5.10 Å². The number of benzene rings is 1. The Morgan fingerprint density at radius 3 is 3.00 bits per heavy atom. The predicted octanol–water partition coefficient (Wildman–Crippen LogP) is 2.50. The maximum absolute atomic E-state index is 10.7. The van der Waals surface area contributed by atoms with Crippen molar-refractivity contribution >= 4 is 39.8 Å². The van der Waals surface area contributed by atoms with Crippen LogP contribution in [0.5, 0.6) is 5.75 Å². The number of hydrogen-bond donors (Lipinski definition) is 2. The van der Waals surface area contributed by atoms with E-state index in [1.165, 1.54) is 13.3 Å². The zero-order valence-electron chi connectivity index (χ0n) is 8.20. The molecule has 1 rings (SSSR count). The molecule has 5 nitrogen and oxygen atoms in total. The van der Waals surface area contributed by atoms with Crippen molar-refractivity contribution in [3.8, 4) is 5.75 Å². The molecule has 0 bridgehead atoms. The van der Waals surface area contributed by atoms with Crippen LogP contribution in [0.3, 0.4) is 0 Å². The van der Waals surface area contributed by atoms with Crippen LogP contribution >= 0.6 is 27.5 Å². The molecule has 0 spiro atoms. The molecule has 0 saturated carbocycles. The third-order valence-electron chi connectivity index (χ3n) is 1.60. The zero-order chi connectivity index (χ0) is 12.1. The van der Waals surface area contributed by atoms with Gasteiger partial charge in [-0.25, -0.2) is 10.2 Å². The number of phenolic OH excluding ortho intramolecular Hbond substituents is 1. The second-order valence-corrected chi connectivity index (χ2v) is 4.01. The number of amides is 1. The van der Waals surface area contributed by atoms with Crippen LogP contribution in [0.1, 0.15) is 5.56 Å². The van der Waals surface area contributed by atoms with Crippen molar-refractivity contribution in [3.63, 3.8) is 0 Å². The molecule has 0 aliphatic carbocycles. The van der Waals surface area contributed by atoms with Crippen molar-refractivity contribution in [1.82, 2.24) is 5.43 Å². The Kier molecular flexibility index (Phi) is 4.57. The summed E-state index contributed by atoms with van der Waals surface area (Å²) in [5.74, 6) is -0.111. The number of hydrogen-bond acceptors (Lipinski definition) is 4. The normalized spacial score (nSPS) is 10.4. The lowest BCUT2D eigenvalue weighted by molar-refractivity contribution is 0.171. The monoisotopic (exact) mass is 306 g/mol. The van der Waals surface area contributed by atoms with Crippen molar-refractivity contribution in [1.29, 1.82) is 0 Å². The first-order valence-corrected chi connectivity index (χ1v) is 5.26. The molecule has 0 saturated heterocycles. The molecule has 0 radical (unpaired) electrons. The van der Waals surface area contributed by atoms with Crippen molar-refractivity contribution in [2.75, 3.05) is 7.11 Å². The van der Waals surface area contributed by atoms with E-state index < -0.39 is 6.09 Å². The summed E-state index contributed by atoms with van der Waals surface area (Å²) in [4.78, 5) is 10.7. The van der Waals surface area contributed by atoms with Crippen LogP contribution in [-0.4, -0.2) is 24.5 Å². The van der Waals surface area contributed by atoms with E-state index in [2.05, 4.69) is 31.2 Å². The summed E-state index contributed by atoms with van der Waals surface area (Å²) < 4.78 is 4.99. The van der Waals surface area contributed by atoms with Crippen LogP contribution in [0, 0.1) is 0 Å². The molecule has 0 fully saturated rings. The summed E-state index contributed by atoms with van der Waals surface area (Å²) in [5.41, 5.74) is 2.46. The van der Waals surface area contributed by atoms with Gasteiger partial charge >= 0.3 is 6.09 Å². The number of carbonyl (C=O) groups is 1. The van der Waals surface area contributed by atoms with Gasteiger partial charge in [0.15, 0.2) is 0 Å². The van der Waals surface area contributed by atoms with Crippen LogP contribution in [0.15, 0.2) is 21.7 Å². The number of rotatable bonds is 2. The van der Waals surface area contributed by atoms with Gasteiger partial charge in [0.2, 0.25) is 0 Å². The molecule has 1 aromatic rings. The Balaban J connectivity index is 2.85. The van der Waals surface area contributed by atoms with Crippen LogP contribution in [-0.2, 0) is 4.74 Å². The van der Waals surface area contributed by atoms with Crippen LogP contribution in [0.4, 0.5) is 4.79 Å². The molecule has 2 N–H and O–H groups in total. The van der Waals surface area contributed by atoms with Gasteiger partial charge in [0, 0.05) is 10.0 Å². The number of aromatic hydroxyl groups is 1. The second kappa shape index (κ2) is 5.72. The number of nitrogens with one attached hydrogen (secondary N) is 1. The van der Waals surface area contributed by atoms with Crippen LogP contribution in [0.2, 0.25) is 5.02 Å². The predicted molar refractivity (Wildman–Crippen MR) is 64.0 cm³/mol. The molecule has 0 aliphatic heterocycles. The van der Waals surface area contributed by atoms with Gasteiger partial charge in [-0.3, -0.25) is 0 Å². The highest BCUT2D eigenvalue weighted by molar-refractivity contribution is 9.10. The lowest BCUT2D eigenvalue weighted by atomic mass is 10.2. The molecule has 86 valence electrons. The Hall–Kier alpha value is -1.27. The lowest BCUT2D eigenvalue weighted by Crippen LogP contribution is -2.16. The number of methoxy groups -OCH3 is 1. The largest absolute Gasteiger partial charge is 0.506 e. The SMILES string of the molecule is COC(=O)N/N=C/c1cc(Br)cc(Cl)c1O. The summed E-state index contributed by atoms with van der Waals surface area (Å²) in [6.45, 7) is 0.